The van der Waals surface area contributed by atoms with E-state index in [-0.39, 0.29) is 11.3 Å². The van der Waals surface area contributed by atoms with Gasteiger partial charge in [-0.25, -0.2) is 0 Å². The minimum atomic E-state index is -0.668. The molecule has 4 rings (SSSR count). The molecule has 6 nitrogen and oxygen atoms in total. The standard InChI is InChI=1S/C32H36N2O4/c1-21(2)24-9-11-25(12-10-24)29-28(31(36)32(37)34(29)18-17-33(4)5)30(35)26-13-15-27(16-14-26)38-20-23-8-6-7-22(3)19-23/h6-16,19,21,29,35H,17-18,20H2,1-5H3/t29-/m0/s1. The van der Waals surface area contributed by atoms with Crippen LogP contribution in [0.1, 0.15) is 53.6 Å². The Kier molecular flexibility index (Phi) is 8.32. The van der Waals surface area contributed by atoms with E-state index in [0.29, 0.717) is 36.9 Å². The van der Waals surface area contributed by atoms with E-state index in [4.69, 9.17) is 4.74 Å². The van der Waals surface area contributed by atoms with Gasteiger partial charge in [0, 0.05) is 18.7 Å². The zero-order chi connectivity index (χ0) is 27.4. The van der Waals surface area contributed by atoms with Crippen LogP contribution in [0.5, 0.6) is 5.75 Å². The van der Waals surface area contributed by atoms with E-state index in [2.05, 4.69) is 19.9 Å². The number of Topliss-reactive ketones (excluding diaryl/α,β-unsaturated/α-hetero) is 1. The van der Waals surface area contributed by atoms with Crippen molar-refractivity contribution >= 4 is 17.4 Å². The van der Waals surface area contributed by atoms with Gasteiger partial charge in [0.05, 0.1) is 11.6 Å². The molecule has 0 unspecified atom stereocenters. The maximum Gasteiger partial charge on any atom is 0.295 e. The van der Waals surface area contributed by atoms with Crippen LogP contribution in [0, 0.1) is 6.92 Å². The molecule has 1 aliphatic heterocycles. The SMILES string of the molecule is Cc1cccc(COc2ccc(C(O)=C3C(=O)C(=O)N(CCN(C)C)[C@H]3c3ccc(C(C)C)cc3)cc2)c1. The Morgan fingerprint density at radius 3 is 2.29 bits per heavy atom. The number of ether oxygens (including phenoxy) is 1. The van der Waals surface area contributed by atoms with Crippen LogP contribution in [0.25, 0.3) is 5.76 Å². The van der Waals surface area contributed by atoms with Gasteiger partial charge in [-0.05, 0) is 67.9 Å². The van der Waals surface area contributed by atoms with Gasteiger partial charge >= 0.3 is 0 Å². The Balaban J connectivity index is 1.65. The predicted octanol–water partition coefficient (Wildman–Crippen LogP) is 5.68. The van der Waals surface area contributed by atoms with Gasteiger partial charge < -0.3 is 19.6 Å². The van der Waals surface area contributed by atoms with Crippen LogP contribution in [0.4, 0.5) is 0 Å². The molecule has 38 heavy (non-hydrogen) atoms. The zero-order valence-electron chi connectivity index (χ0n) is 22.8. The van der Waals surface area contributed by atoms with Crippen LogP contribution in [-0.2, 0) is 16.2 Å². The minimum Gasteiger partial charge on any atom is -0.507 e. The summed E-state index contributed by atoms with van der Waals surface area (Å²) in [6, 6.07) is 22.4. The van der Waals surface area contributed by atoms with Gasteiger partial charge in [-0.3, -0.25) is 9.59 Å². The Bertz CT molecular complexity index is 1320. The van der Waals surface area contributed by atoms with Crippen molar-refractivity contribution in [3.8, 4) is 5.75 Å². The number of amides is 1. The summed E-state index contributed by atoms with van der Waals surface area (Å²) in [5.74, 6) is -0.437. The summed E-state index contributed by atoms with van der Waals surface area (Å²) in [4.78, 5) is 29.9. The average molecular weight is 513 g/mol. The lowest BCUT2D eigenvalue weighted by Gasteiger charge is -2.27. The van der Waals surface area contributed by atoms with E-state index in [0.717, 1.165) is 11.1 Å². The van der Waals surface area contributed by atoms with Crippen molar-refractivity contribution in [2.24, 2.45) is 0 Å². The summed E-state index contributed by atoms with van der Waals surface area (Å²) in [6.45, 7) is 7.67. The highest BCUT2D eigenvalue weighted by atomic mass is 16.5. The molecule has 0 radical (unpaired) electrons. The largest absolute Gasteiger partial charge is 0.507 e. The van der Waals surface area contributed by atoms with Crippen LogP contribution in [-0.4, -0.2) is 53.8 Å². The van der Waals surface area contributed by atoms with Crippen LogP contribution < -0.4 is 4.74 Å². The first-order valence-corrected chi connectivity index (χ1v) is 13.0. The van der Waals surface area contributed by atoms with Crippen molar-refractivity contribution in [3.05, 3.63) is 106 Å². The normalized spacial score (nSPS) is 17.0. The molecule has 0 spiro atoms. The first kappa shape index (κ1) is 27.1. The number of aryl methyl sites for hydroxylation is 1. The number of likely N-dealkylation sites (tertiary alicyclic amines) is 1. The predicted molar refractivity (Wildman–Crippen MR) is 150 cm³/mol. The Morgan fingerprint density at radius 1 is 1.00 bits per heavy atom. The van der Waals surface area contributed by atoms with Crippen LogP contribution in [0.3, 0.4) is 0 Å². The minimum absolute atomic E-state index is 0.111. The fraction of sp³-hybridized carbons (Fsp3) is 0.312. The van der Waals surface area contributed by atoms with Gasteiger partial charge in [-0.2, -0.15) is 0 Å². The molecule has 0 saturated carbocycles. The number of likely N-dealkylation sites (N-methyl/N-ethyl adjacent to an activating group) is 1. The quantitative estimate of drug-likeness (QED) is 0.227. The number of hydrogen-bond acceptors (Lipinski definition) is 5. The highest BCUT2D eigenvalue weighted by Crippen LogP contribution is 2.39. The van der Waals surface area contributed by atoms with Gasteiger partial charge in [0.1, 0.15) is 18.1 Å². The number of carbonyl (C=O) groups is 2. The molecule has 6 heteroatoms. The highest BCUT2D eigenvalue weighted by Gasteiger charge is 2.45. The lowest BCUT2D eigenvalue weighted by atomic mass is 9.93. The number of carbonyl (C=O) groups excluding carboxylic acids is 2. The van der Waals surface area contributed by atoms with Crippen molar-refractivity contribution in [1.29, 1.82) is 0 Å². The van der Waals surface area contributed by atoms with Crippen molar-refractivity contribution in [2.75, 3.05) is 27.2 Å². The van der Waals surface area contributed by atoms with Crippen molar-refractivity contribution in [3.63, 3.8) is 0 Å². The number of ketones is 1. The molecule has 1 saturated heterocycles. The summed E-state index contributed by atoms with van der Waals surface area (Å²) in [5, 5.41) is 11.3. The Morgan fingerprint density at radius 2 is 1.68 bits per heavy atom. The van der Waals surface area contributed by atoms with E-state index < -0.39 is 17.7 Å². The Hall–Kier alpha value is -3.90. The zero-order valence-corrected chi connectivity index (χ0v) is 22.8. The summed E-state index contributed by atoms with van der Waals surface area (Å²) < 4.78 is 5.91. The van der Waals surface area contributed by atoms with Gasteiger partial charge in [0.2, 0.25) is 0 Å². The van der Waals surface area contributed by atoms with E-state index in [9.17, 15) is 14.7 Å². The summed E-state index contributed by atoms with van der Waals surface area (Å²) >= 11 is 0. The third-order valence-electron chi connectivity index (χ3n) is 6.86. The molecule has 1 atom stereocenters. The molecule has 198 valence electrons. The van der Waals surface area contributed by atoms with Crippen molar-refractivity contribution < 1.29 is 19.4 Å². The molecular formula is C32H36N2O4. The molecule has 0 bridgehead atoms. The maximum atomic E-state index is 13.2. The number of aliphatic hydroxyl groups is 1. The molecule has 3 aromatic rings. The lowest BCUT2D eigenvalue weighted by molar-refractivity contribution is -0.140. The maximum absolute atomic E-state index is 13.2. The van der Waals surface area contributed by atoms with Crippen LogP contribution in [0.15, 0.2) is 78.4 Å². The third-order valence-corrected chi connectivity index (χ3v) is 6.86. The number of hydrogen-bond donors (Lipinski definition) is 1. The highest BCUT2D eigenvalue weighted by molar-refractivity contribution is 6.46. The van der Waals surface area contributed by atoms with Crippen molar-refractivity contribution in [1.82, 2.24) is 9.80 Å². The lowest BCUT2D eigenvalue weighted by Crippen LogP contribution is -2.35. The molecular weight excluding hydrogens is 476 g/mol. The summed E-state index contributed by atoms with van der Waals surface area (Å²) in [6.07, 6.45) is 0. The smallest absolute Gasteiger partial charge is 0.295 e. The second-order valence-corrected chi connectivity index (χ2v) is 10.4. The Labute approximate surface area is 225 Å². The van der Waals surface area contributed by atoms with Gasteiger partial charge in [0.25, 0.3) is 11.7 Å². The average Bonchev–Trinajstić information content (AvgIpc) is 3.15. The third kappa shape index (κ3) is 5.97. The van der Waals surface area contributed by atoms with Crippen molar-refractivity contribution in [2.45, 2.75) is 39.3 Å². The monoisotopic (exact) mass is 512 g/mol. The molecule has 1 amide bonds. The molecule has 1 N–H and O–H groups in total. The molecule has 0 aliphatic carbocycles. The van der Waals surface area contributed by atoms with Crippen LogP contribution >= 0.6 is 0 Å². The van der Waals surface area contributed by atoms with Crippen LogP contribution in [0.2, 0.25) is 0 Å². The fourth-order valence-electron chi connectivity index (χ4n) is 4.66. The number of aliphatic hydroxyl groups excluding tert-OH is 1. The summed E-state index contributed by atoms with van der Waals surface area (Å²) in [5.41, 5.74) is 4.77. The first-order valence-electron chi connectivity index (χ1n) is 13.0. The second-order valence-electron chi connectivity index (χ2n) is 10.4. The second kappa shape index (κ2) is 11.7. The van der Waals surface area contributed by atoms with Gasteiger partial charge in [-0.1, -0.05) is 67.9 Å². The number of nitrogens with zero attached hydrogens (tertiary/aromatic N) is 2. The van der Waals surface area contributed by atoms with E-state index >= 15 is 0 Å². The number of benzene rings is 3. The summed E-state index contributed by atoms with van der Waals surface area (Å²) in [7, 11) is 3.84. The molecule has 0 aromatic heterocycles. The number of rotatable bonds is 9. The molecule has 1 fully saturated rings. The molecule has 1 aliphatic rings. The van der Waals surface area contributed by atoms with Gasteiger partial charge in [0.15, 0.2) is 0 Å². The topological polar surface area (TPSA) is 70.1 Å². The molecule has 3 aromatic carbocycles. The first-order chi connectivity index (χ1) is 18.2. The van der Waals surface area contributed by atoms with E-state index in [1.165, 1.54) is 11.1 Å². The van der Waals surface area contributed by atoms with Gasteiger partial charge in [-0.15, -0.1) is 0 Å². The van der Waals surface area contributed by atoms with E-state index in [1.54, 1.807) is 29.2 Å². The molecule has 1 heterocycles. The van der Waals surface area contributed by atoms with E-state index in [1.807, 2.05) is 68.4 Å². The fourth-order valence-corrected chi connectivity index (χ4v) is 4.66.